The summed E-state index contributed by atoms with van der Waals surface area (Å²) in [4.78, 5) is 0. The molecule has 1 nitrogen and oxygen atoms in total. The van der Waals surface area contributed by atoms with Crippen molar-refractivity contribution >= 4 is 11.6 Å². The lowest BCUT2D eigenvalue weighted by molar-refractivity contribution is -0.189. The van der Waals surface area contributed by atoms with Gasteiger partial charge in [-0.3, -0.25) is 0 Å². The molecule has 0 spiro atoms. The third kappa shape index (κ3) is 8.38. The molecular weight excluding hydrogens is 669 g/mol. The minimum absolute atomic E-state index is 0.191. The number of hydrogen-bond acceptors (Lipinski definition) is 1. The number of halogens is 12. The number of unbranched alkanes of at least 4 members (excludes halogenated alkanes) is 5. The molecule has 0 fully saturated rings. The van der Waals surface area contributed by atoms with E-state index < -0.39 is 86.3 Å². The van der Waals surface area contributed by atoms with E-state index in [0.717, 1.165) is 44.6 Å². The molecule has 252 valence electrons. The van der Waals surface area contributed by atoms with Crippen LogP contribution in [0.2, 0.25) is 5.02 Å². The van der Waals surface area contributed by atoms with E-state index in [0.29, 0.717) is 36.2 Å². The van der Waals surface area contributed by atoms with Gasteiger partial charge in [-0.1, -0.05) is 50.6 Å². The number of hydrogen-bond donors (Lipinski definition) is 0. The van der Waals surface area contributed by atoms with E-state index >= 15 is 13.2 Å². The van der Waals surface area contributed by atoms with Gasteiger partial charge in [0.2, 0.25) is 0 Å². The Balaban J connectivity index is 1.55. The fraction of sp³-hybridized carbons (Fsp3) is 0.294. The summed E-state index contributed by atoms with van der Waals surface area (Å²) >= 11 is 6.22. The first kappa shape index (κ1) is 36.0. The fourth-order valence-corrected chi connectivity index (χ4v) is 5.48. The second-order valence-corrected chi connectivity index (χ2v) is 11.2. The molecule has 0 heterocycles. The highest BCUT2D eigenvalue weighted by Crippen LogP contribution is 2.41. The van der Waals surface area contributed by atoms with Crippen molar-refractivity contribution in [2.75, 3.05) is 0 Å². The first-order valence-electron chi connectivity index (χ1n) is 14.4. The maximum absolute atomic E-state index is 15.0. The quantitative estimate of drug-likeness (QED) is 0.106. The van der Waals surface area contributed by atoms with Crippen molar-refractivity contribution in [3.8, 4) is 28.0 Å². The average molecular weight is 695 g/mol. The zero-order valence-electron chi connectivity index (χ0n) is 24.6. The predicted molar refractivity (Wildman–Crippen MR) is 155 cm³/mol. The maximum Gasteiger partial charge on any atom is 0.432 e. The van der Waals surface area contributed by atoms with Crippen molar-refractivity contribution in [1.29, 1.82) is 0 Å². The van der Waals surface area contributed by atoms with Crippen LogP contribution in [0.4, 0.5) is 48.3 Å². The highest BCUT2D eigenvalue weighted by Gasteiger charge is 2.42. The van der Waals surface area contributed by atoms with Crippen LogP contribution in [-0.2, 0) is 18.7 Å². The maximum atomic E-state index is 15.0. The average Bonchev–Trinajstić information content (AvgIpc) is 2.92. The van der Waals surface area contributed by atoms with Crippen molar-refractivity contribution in [3.63, 3.8) is 0 Å². The van der Waals surface area contributed by atoms with Crippen molar-refractivity contribution < 1.29 is 53.0 Å². The summed E-state index contributed by atoms with van der Waals surface area (Å²) in [7, 11) is 0. The Morgan fingerprint density at radius 3 is 1.70 bits per heavy atom. The minimum Gasteiger partial charge on any atom is -0.429 e. The zero-order chi connectivity index (χ0) is 34.7. The van der Waals surface area contributed by atoms with Crippen LogP contribution in [0.3, 0.4) is 0 Å². The molecule has 0 bridgehead atoms. The summed E-state index contributed by atoms with van der Waals surface area (Å²) in [5.41, 5.74) is -5.82. The van der Waals surface area contributed by atoms with Crippen molar-refractivity contribution in [2.24, 2.45) is 0 Å². The molecule has 0 N–H and O–H groups in total. The lowest BCUT2D eigenvalue weighted by Crippen LogP contribution is -2.25. The number of ether oxygens (including phenoxy) is 1. The van der Waals surface area contributed by atoms with Crippen LogP contribution >= 0.6 is 11.6 Å². The summed E-state index contributed by atoms with van der Waals surface area (Å²) < 4.78 is 161. The molecule has 0 atom stereocenters. The third-order valence-corrected chi connectivity index (χ3v) is 7.66. The summed E-state index contributed by atoms with van der Waals surface area (Å²) in [6, 6.07) is 5.44. The van der Waals surface area contributed by atoms with E-state index in [-0.39, 0.29) is 23.2 Å². The summed E-state index contributed by atoms with van der Waals surface area (Å²) in [6.07, 6.45) is -3.64. The molecule has 0 radical (unpaired) electrons. The van der Waals surface area contributed by atoms with Gasteiger partial charge in [0.15, 0.2) is 0 Å². The van der Waals surface area contributed by atoms with Crippen LogP contribution in [0, 0.1) is 34.9 Å². The van der Waals surface area contributed by atoms with Crippen molar-refractivity contribution in [2.45, 2.75) is 64.2 Å². The van der Waals surface area contributed by atoms with E-state index in [9.17, 15) is 35.1 Å². The van der Waals surface area contributed by atoms with E-state index in [1.54, 1.807) is 0 Å². The Bertz CT molecular complexity index is 1680. The molecule has 0 aromatic heterocycles. The Morgan fingerprint density at radius 1 is 0.596 bits per heavy atom. The molecule has 0 saturated carbocycles. The standard InChI is InChI=1S/C34H26ClF11O/c1-2-3-4-5-6-7-8-18-11-23(35)30(25(37)12-18)20-15-28(40)32(29(41)16-20)34(45,46)47-21-9-10-22(24(36)17-21)19-13-26(38)31(27(39)14-19)33(42,43)44/h9-17H,2-8H2,1H3. The van der Waals surface area contributed by atoms with Gasteiger partial charge in [0.05, 0.1) is 5.02 Å². The molecule has 0 amide bonds. The largest absolute Gasteiger partial charge is 0.432 e. The van der Waals surface area contributed by atoms with Gasteiger partial charge in [0.1, 0.15) is 51.8 Å². The summed E-state index contributed by atoms with van der Waals surface area (Å²) in [5, 5.41) is -0.191. The number of alkyl halides is 5. The van der Waals surface area contributed by atoms with Gasteiger partial charge >= 0.3 is 12.3 Å². The molecule has 0 saturated heterocycles. The highest BCUT2D eigenvalue weighted by atomic mass is 35.5. The second kappa shape index (κ2) is 14.5. The number of benzene rings is 4. The van der Waals surface area contributed by atoms with Crippen LogP contribution in [0.1, 0.15) is 62.1 Å². The topological polar surface area (TPSA) is 9.23 Å². The molecule has 0 aliphatic carbocycles. The van der Waals surface area contributed by atoms with Crippen LogP contribution in [0.25, 0.3) is 22.3 Å². The molecule has 0 aliphatic rings. The molecular formula is C34H26ClF11O. The Labute approximate surface area is 267 Å². The minimum atomic E-state index is -5.38. The molecule has 4 rings (SSSR count). The van der Waals surface area contributed by atoms with Crippen molar-refractivity contribution in [3.05, 3.63) is 111 Å². The molecule has 47 heavy (non-hydrogen) atoms. The van der Waals surface area contributed by atoms with E-state index in [4.69, 9.17) is 11.6 Å². The van der Waals surface area contributed by atoms with Crippen LogP contribution in [-0.4, -0.2) is 0 Å². The number of rotatable bonds is 12. The van der Waals surface area contributed by atoms with Gasteiger partial charge in [-0.05, 0) is 78.1 Å². The lowest BCUT2D eigenvalue weighted by atomic mass is 9.98. The Morgan fingerprint density at radius 2 is 1.15 bits per heavy atom. The van der Waals surface area contributed by atoms with Gasteiger partial charge in [-0.2, -0.15) is 22.0 Å². The van der Waals surface area contributed by atoms with Crippen LogP contribution in [0.5, 0.6) is 5.75 Å². The van der Waals surface area contributed by atoms with Gasteiger partial charge in [-0.25, -0.2) is 26.3 Å². The van der Waals surface area contributed by atoms with E-state index in [2.05, 4.69) is 11.7 Å². The smallest absolute Gasteiger partial charge is 0.429 e. The summed E-state index contributed by atoms with van der Waals surface area (Å²) in [6.45, 7) is 2.09. The summed E-state index contributed by atoms with van der Waals surface area (Å²) in [5.74, 6) is -11.2. The van der Waals surface area contributed by atoms with E-state index in [1.807, 2.05) is 0 Å². The fourth-order valence-electron chi connectivity index (χ4n) is 5.14. The molecule has 4 aromatic rings. The van der Waals surface area contributed by atoms with Crippen molar-refractivity contribution in [1.82, 2.24) is 0 Å². The monoisotopic (exact) mass is 694 g/mol. The lowest BCUT2D eigenvalue weighted by Gasteiger charge is -2.20. The first-order valence-corrected chi connectivity index (χ1v) is 14.8. The van der Waals surface area contributed by atoms with Gasteiger partial charge in [-0.15, -0.1) is 0 Å². The van der Waals surface area contributed by atoms with Gasteiger partial charge in [0, 0.05) is 17.2 Å². The Hall–Kier alpha value is -3.80. The second-order valence-electron chi connectivity index (χ2n) is 10.8. The first-order chi connectivity index (χ1) is 22.0. The van der Waals surface area contributed by atoms with E-state index in [1.165, 1.54) is 6.07 Å². The van der Waals surface area contributed by atoms with Crippen LogP contribution < -0.4 is 4.74 Å². The van der Waals surface area contributed by atoms with Gasteiger partial charge in [0.25, 0.3) is 0 Å². The number of aryl methyl sites for hydroxylation is 1. The molecule has 4 aromatic carbocycles. The SMILES string of the molecule is CCCCCCCCc1cc(F)c(-c2cc(F)c(C(F)(F)Oc3ccc(-c4cc(F)c(C(F)(F)F)c(F)c4)c(F)c3)c(F)c2)c(Cl)c1. The Kier molecular flexibility index (Phi) is 11.1. The molecule has 0 unspecified atom stereocenters. The van der Waals surface area contributed by atoms with Gasteiger partial charge < -0.3 is 4.74 Å². The highest BCUT2D eigenvalue weighted by molar-refractivity contribution is 6.33. The predicted octanol–water partition coefficient (Wildman–Crippen LogP) is 12.6. The molecule has 0 aliphatic heterocycles. The third-order valence-electron chi connectivity index (χ3n) is 7.37. The zero-order valence-corrected chi connectivity index (χ0v) is 25.3. The van der Waals surface area contributed by atoms with Crippen LogP contribution in [0.15, 0.2) is 54.6 Å². The molecule has 13 heteroatoms. The normalized spacial score (nSPS) is 12.1.